The van der Waals surface area contributed by atoms with Gasteiger partial charge in [0, 0.05) is 4.47 Å². The first-order valence-electron chi connectivity index (χ1n) is 5.78. The van der Waals surface area contributed by atoms with E-state index in [1.165, 1.54) is 0 Å². The predicted octanol–water partition coefficient (Wildman–Crippen LogP) is 3.82. The SMILES string of the molecule is O=C1Nc2ccccc2O/C1=C/c1cccc(Br)c1. The van der Waals surface area contributed by atoms with E-state index in [0.29, 0.717) is 11.4 Å². The molecule has 1 N–H and O–H groups in total. The van der Waals surface area contributed by atoms with E-state index in [4.69, 9.17) is 4.74 Å². The maximum atomic E-state index is 11.9. The molecule has 1 heterocycles. The van der Waals surface area contributed by atoms with Crippen molar-refractivity contribution in [2.75, 3.05) is 5.32 Å². The van der Waals surface area contributed by atoms with Gasteiger partial charge in [0.2, 0.25) is 0 Å². The number of benzene rings is 2. The molecule has 1 aliphatic rings. The Balaban J connectivity index is 1.96. The van der Waals surface area contributed by atoms with Crippen LogP contribution in [0.15, 0.2) is 58.8 Å². The van der Waals surface area contributed by atoms with Crippen LogP contribution < -0.4 is 10.1 Å². The molecule has 0 unspecified atom stereocenters. The van der Waals surface area contributed by atoms with Crippen LogP contribution in [-0.2, 0) is 4.79 Å². The standard InChI is InChI=1S/C15H10BrNO2/c16-11-5-3-4-10(8-11)9-14-15(18)17-12-6-1-2-7-13(12)19-14/h1-9H,(H,17,18)/b14-9+. The number of hydrogen-bond acceptors (Lipinski definition) is 2. The van der Waals surface area contributed by atoms with E-state index >= 15 is 0 Å². The first kappa shape index (κ1) is 12.0. The summed E-state index contributed by atoms with van der Waals surface area (Å²) in [6, 6.07) is 15.0. The van der Waals surface area contributed by atoms with Gasteiger partial charge < -0.3 is 10.1 Å². The molecule has 0 spiro atoms. The molecule has 0 radical (unpaired) electrons. The van der Waals surface area contributed by atoms with Gasteiger partial charge in [-0.1, -0.05) is 40.2 Å². The van der Waals surface area contributed by atoms with E-state index in [9.17, 15) is 4.79 Å². The van der Waals surface area contributed by atoms with Gasteiger partial charge in [0.25, 0.3) is 5.91 Å². The number of anilines is 1. The van der Waals surface area contributed by atoms with Gasteiger partial charge in [0.15, 0.2) is 11.5 Å². The lowest BCUT2D eigenvalue weighted by atomic mass is 10.2. The fourth-order valence-corrected chi connectivity index (χ4v) is 2.27. The molecular formula is C15H10BrNO2. The number of rotatable bonds is 1. The molecule has 0 saturated carbocycles. The number of carbonyl (C=O) groups excluding carboxylic acids is 1. The van der Waals surface area contributed by atoms with Gasteiger partial charge in [0.1, 0.15) is 0 Å². The van der Waals surface area contributed by atoms with Crippen molar-refractivity contribution in [3.8, 4) is 5.75 Å². The Labute approximate surface area is 119 Å². The highest BCUT2D eigenvalue weighted by Gasteiger charge is 2.21. The average molecular weight is 316 g/mol. The summed E-state index contributed by atoms with van der Waals surface area (Å²) in [5.41, 5.74) is 1.60. The first-order chi connectivity index (χ1) is 9.22. The molecule has 3 rings (SSSR count). The van der Waals surface area contributed by atoms with E-state index in [1.54, 1.807) is 6.08 Å². The Morgan fingerprint density at radius 1 is 1.11 bits per heavy atom. The number of ether oxygens (including phenoxy) is 1. The van der Waals surface area contributed by atoms with E-state index in [1.807, 2.05) is 48.5 Å². The van der Waals surface area contributed by atoms with E-state index in [0.717, 1.165) is 10.0 Å². The lowest BCUT2D eigenvalue weighted by Crippen LogP contribution is -2.23. The van der Waals surface area contributed by atoms with Crippen LogP contribution in [0.25, 0.3) is 6.08 Å². The zero-order valence-electron chi connectivity index (χ0n) is 9.89. The summed E-state index contributed by atoms with van der Waals surface area (Å²) >= 11 is 3.40. The van der Waals surface area contributed by atoms with Crippen molar-refractivity contribution in [3.05, 3.63) is 64.3 Å². The lowest BCUT2D eigenvalue weighted by Gasteiger charge is -2.19. The summed E-state index contributed by atoms with van der Waals surface area (Å²) in [4.78, 5) is 11.9. The second kappa shape index (κ2) is 4.90. The Hall–Kier alpha value is -2.07. The highest BCUT2D eigenvalue weighted by Crippen LogP contribution is 2.30. The smallest absolute Gasteiger partial charge is 0.291 e. The normalized spacial score (nSPS) is 15.6. The summed E-state index contributed by atoms with van der Waals surface area (Å²) in [6.07, 6.45) is 1.72. The van der Waals surface area contributed by atoms with Gasteiger partial charge in [-0.2, -0.15) is 0 Å². The van der Waals surface area contributed by atoms with Gasteiger partial charge in [-0.05, 0) is 35.9 Å². The Bertz CT molecular complexity index is 679. The lowest BCUT2D eigenvalue weighted by molar-refractivity contribution is -0.115. The fraction of sp³-hybridized carbons (Fsp3) is 0. The minimum Gasteiger partial charge on any atom is -0.449 e. The van der Waals surface area contributed by atoms with Gasteiger partial charge in [0.05, 0.1) is 5.69 Å². The zero-order chi connectivity index (χ0) is 13.2. The third-order valence-corrected chi connectivity index (χ3v) is 3.22. The molecule has 0 aromatic heterocycles. The van der Waals surface area contributed by atoms with Gasteiger partial charge in [-0.15, -0.1) is 0 Å². The monoisotopic (exact) mass is 315 g/mol. The van der Waals surface area contributed by atoms with Crippen molar-refractivity contribution in [1.82, 2.24) is 0 Å². The average Bonchev–Trinajstić information content (AvgIpc) is 2.40. The van der Waals surface area contributed by atoms with Crippen molar-refractivity contribution in [1.29, 1.82) is 0 Å². The maximum absolute atomic E-state index is 11.9. The van der Waals surface area contributed by atoms with Crippen LogP contribution in [-0.4, -0.2) is 5.91 Å². The highest BCUT2D eigenvalue weighted by molar-refractivity contribution is 9.10. The molecular weight excluding hydrogens is 306 g/mol. The van der Waals surface area contributed by atoms with Crippen LogP contribution in [0.4, 0.5) is 5.69 Å². The van der Waals surface area contributed by atoms with E-state index < -0.39 is 0 Å². The fourth-order valence-electron chi connectivity index (χ4n) is 1.85. The molecule has 4 heteroatoms. The Morgan fingerprint density at radius 3 is 2.79 bits per heavy atom. The molecule has 1 aliphatic heterocycles. The number of fused-ring (bicyclic) bond motifs is 1. The highest BCUT2D eigenvalue weighted by atomic mass is 79.9. The molecule has 0 fully saturated rings. The first-order valence-corrected chi connectivity index (χ1v) is 6.57. The van der Waals surface area contributed by atoms with Crippen LogP contribution in [0, 0.1) is 0 Å². The van der Waals surface area contributed by atoms with Crippen LogP contribution in [0.3, 0.4) is 0 Å². The van der Waals surface area contributed by atoms with Crippen LogP contribution in [0.2, 0.25) is 0 Å². The van der Waals surface area contributed by atoms with Crippen molar-refractivity contribution < 1.29 is 9.53 Å². The summed E-state index contributed by atoms with van der Waals surface area (Å²) in [5.74, 6) is 0.707. The molecule has 1 amide bonds. The molecule has 2 aromatic rings. The van der Waals surface area contributed by atoms with Crippen molar-refractivity contribution in [2.24, 2.45) is 0 Å². The van der Waals surface area contributed by atoms with Crippen molar-refractivity contribution in [3.63, 3.8) is 0 Å². The topological polar surface area (TPSA) is 38.3 Å². The number of hydrogen-bond donors (Lipinski definition) is 1. The number of carbonyl (C=O) groups is 1. The summed E-state index contributed by atoms with van der Waals surface area (Å²) in [6.45, 7) is 0. The summed E-state index contributed by atoms with van der Waals surface area (Å²) < 4.78 is 6.58. The minimum atomic E-state index is -0.237. The van der Waals surface area contributed by atoms with Gasteiger partial charge >= 0.3 is 0 Å². The third kappa shape index (κ3) is 2.53. The summed E-state index contributed by atoms with van der Waals surface area (Å²) in [5, 5.41) is 2.80. The molecule has 0 aliphatic carbocycles. The number of para-hydroxylation sites is 2. The number of halogens is 1. The predicted molar refractivity (Wildman–Crippen MR) is 77.8 cm³/mol. The zero-order valence-corrected chi connectivity index (χ0v) is 11.5. The molecule has 19 heavy (non-hydrogen) atoms. The molecule has 0 saturated heterocycles. The largest absolute Gasteiger partial charge is 0.449 e. The molecule has 0 bridgehead atoms. The second-order valence-corrected chi connectivity index (χ2v) is 5.03. The molecule has 0 atom stereocenters. The Kier molecular flexibility index (Phi) is 3.09. The van der Waals surface area contributed by atoms with Crippen LogP contribution >= 0.6 is 15.9 Å². The third-order valence-electron chi connectivity index (χ3n) is 2.73. The van der Waals surface area contributed by atoms with E-state index in [-0.39, 0.29) is 11.7 Å². The minimum absolute atomic E-state index is 0.237. The van der Waals surface area contributed by atoms with Crippen LogP contribution in [0.5, 0.6) is 5.75 Å². The van der Waals surface area contributed by atoms with Crippen molar-refractivity contribution >= 4 is 33.6 Å². The van der Waals surface area contributed by atoms with Gasteiger partial charge in [-0.25, -0.2) is 0 Å². The summed E-state index contributed by atoms with van der Waals surface area (Å²) in [7, 11) is 0. The second-order valence-electron chi connectivity index (χ2n) is 4.12. The van der Waals surface area contributed by atoms with E-state index in [2.05, 4.69) is 21.2 Å². The maximum Gasteiger partial charge on any atom is 0.291 e. The molecule has 94 valence electrons. The van der Waals surface area contributed by atoms with Crippen molar-refractivity contribution in [2.45, 2.75) is 0 Å². The molecule has 3 nitrogen and oxygen atoms in total. The van der Waals surface area contributed by atoms with Crippen LogP contribution in [0.1, 0.15) is 5.56 Å². The number of nitrogens with one attached hydrogen (secondary N) is 1. The quantitative estimate of drug-likeness (QED) is 0.812. The number of amides is 1. The Morgan fingerprint density at radius 2 is 1.95 bits per heavy atom. The molecule has 2 aromatic carbocycles. The van der Waals surface area contributed by atoms with Gasteiger partial charge in [-0.3, -0.25) is 4.79 Å².